The van der Waals surface area contributed by atoms with Gasteiger partial charge in [0.15, 0.2) is 0 Å². The van der Waals surface area contributed by atoms with Crippen molar-refractivity contribution < 1.29 is 18.9 Å². The summed E-state index contributed by atoms with van der Waals surface area (Å²) in [5.41, 5.74) is 0. The summed E-state index contributed by atoms with van der Waals surface area (Å²) in [5.74, 6) is 0. The van der Waals surface area contributed by atoms with Crippen molar-refractivity contribution in [3.05, 3.63) is 6.33 Å². The van der Waals surface area contributed by atoms with E-state index in [9.17, 15) is 4.57 Å². The first-order valence-electron chi connectivity index (χ1n) is 3.82. The molecular weight excluding hydrogens is 316 g/mol. The Labute approximate surface area is 87.6 Å². The van der Waals surface area contributed by atoms with E-state index in [0.29, 0.717) is 3.84 Å². The van der Waals surface area contributed by atoms with Gasteiger partial charge in [-0.05, 0) is 0 Å². The number of nitrogens with zero attached hydrogens (tertiary/aromatic N) is 3. The zero-order valence-corrected chi connectivity index (χ0v) is 11.8. The maximum absolute atomic E-state index is 10.5. The Morgan fingerprint density at radius 1 is 1.43 bits per heavy atom. The van der Waals surface area contributed by atoms with Crippen molar-refractivity contribution in [3.63, 3.8) is 0 Å². The van der Waals surface area contributed by atoms with Gasteiger partial charge in [0.1, 0.15) is 0 Å². The second kappa shape index (κ2) is 4.52. The van der Waals surface area contributed by atoms with Gasteiger partial charge in [0, 0.05) is 0 Å². The number of hydrogen-bond acceptors (Lipinski definition) is 5. The summed E-state index contributed by atoms with van der Waals surface area (Å²) < 4.78 is 15.3. The van der Waals surface area contributed by atoms with Gasteiger partial charge in [-0.25, -0.2) is 0 Å². The Kier molecular flexibility index (Phi) is 3.82. The van der Waals surface area contributed by atoms with Gasteiger partial charge in [0.25, 0.3) is 0 Å². The SMILES string of the molecule is [CH3][SnH]([CH3])[c]1ncnc(OP(=O)(O)O)n1. The van der Waals surface area contributed by atoms with Crippen LogP contribution in [0.4, 0.5) is 0 Å². The van der Waals surface area contributed by atoms with Crippen molar-refractivity contribution in [3.8, 4) is 6.01 Å². The number of hydrogen-bond donors (Lipinski definition) is 2. The summed E-state index contributed by atoms with van der Waals surface area (Å²) in [7, 11) is -4.57. The third kappa shape index (κ3) is 3.87. The number of aromatic nitrogens is 3. The zero-order chi connectivity index (χ0) is 10.8. The number of phosphoric ester groups is 1. The van der Waals surface area contributed by atoms with Crippen LogP contribution in [0.25, 0.3) is 0 Å². The average Bonchev–Trinajstić information content (AvgIpc) is 2.01. The van der Waals surface area contributed by atoms with E-state index >= 15 is 0 Å². The summed E-state index contributed by atoms with van der Waals surface area (Å²) in [6.07, 6.45) is 1.20. The van der Waals surface area contributed by atoms with E-state index < -0.39 is 27.6 Å². The molecule has 0 bridgehead atoms. The van der Waals surface area contributed by atoms with E-state index in [0.717, 1.165) is 0 Å². The summed E-state index contributed by atoms with van der Waals surface area (Å²) in [4.78, 5) is 32.3. The molecule has 2 N–H and O–H groups in total. The van der Waals surface area contributed by atoms with Crippen LogP contribution in [0.3, 0.4) is 0 Å². The molecule has 9 heteroatoms. The normalized spacial score (nSPS) is 11.8. The van der Waals surface area contributed by atoms with Crippen LogP contribution >= 0.6 is 7.82 Å². The van der Waals surface area contributed by atoms with E-state index in [-0.39, 0.29) is 6.01 Å². The van der Waals surface area contributed by atoms with Gasteiger partial charge in [-0.15, -0.1) is 0 Å². The predicted molar refractivity (Wildman–Crippen MR) is 51.0 cm³/mol. The molecule has 7 nitrogen and oxygen atoms in total. The van der Waals surface area contributed by atoms with Gasteiger partial charge in [0.05, 0.1) is 0 Å². The Bertz CT molecular complexity index is 368. The third-order valence-corrected chi connectivity index (χ3v) is 5.43. The van der Waals surface area contributed by atoms with E-state index in [4.69, 9.17) is 9.79 Å². The summed E-state index contributed by atoms with van der Waals surface area (Å²) >= 11 is -1.86. The summed E-state index contributed by atoms with van der Waals surface area (Å²) in [5, 5.41) is 0. The first kappa shape index (κ1) is 11.8. The van der Waals surface area contributed by atoms with Crippen LogP contribution in [0.1, 0.15) is 0 Å². The fourth-order valence-corrected chi connectivity index (χ4v) is 3.12. The van der Waals surface area contributed by atoms with Gasteiger partial charge in [-0.1, -0.05) is 0 Å². The molecule has 0 aliphatic rings. The van der Waals surface area contributed by atoms with Crippen molar-refractivity contribution in [2.24, 2.45) is 0 Å². The first-order valence-corrected chi connectivity index (χ1v) is 13.6. The van der Waals surface area contributed by atoms with Gasteiger partial charge in [0.2, 0.25) is 0 Å². The third-order valence-electron chi connectivity index (χ3n) is 1.29. The van der Waals surface area contributed by atoms with Crippen molar-refractivity contribution >= 4 is 31.4 Å². The Balaban J connectivity index is 2.89. The molecule has 1 heterocycles. The Morgan fingerprint density at radius 2 is 2.07 bits per heavy atom. The fourth-order valence-electron chi connectivity index (χ4n) is 0.722. The molecule has 0 aliphatic carbocycles. The molecule has 0 amide bonds. The van der Waals surface area contributed by atoms with E-state index in [1.54, 1.807) is 0 Å². The number of rotatable bonds is 3. The van der Waals surface area contributed by atoms with Crippen LogP contribution in [-0.2, 0) is 4.57 Å². The topological polar surface area (TPSA) is 105 Å². The molecule has 14 heavy (non-hydrogen) atoms. The number of phosphoric acid groups is 1. The second-order valence-electron chi connectivity index (χ2n) is 2.86. The molecule has 1 rings (SSSR count). The quantitative estimate of drug-likeness (QED) is 0.544. The van der Waals surface area contributed by atoms with Crippen LogP contribution in [0.5, 0.6) is 6.01 Å². The average molecular weight is 326 g/mol. The molecule has 0 fully saturated rings. The Hall–Kier alpha value is -0.241. The molecule has 1 aromatic heterocycles. The van der Waals surface area contributed by atoms with Crippen LogP contribution in [0.15, 0.2) is 6.33 Å². The molecule has 0 aromatic carbocycles. The van der Waals surface area contributed by atoms with Crippen LogP contribution in [-0.4, -0.2) is 44.5 Å². The predicted octanol–water partition coefficient (Wildman–Crippen LogP) is -0.963. The van der Waals surface area contributed by atoms with E-state index in [1.807, 2.05) is 0 Å². The molecule has 1 aromatic rings. The van der Waals surface area contributed by atoms with Crippen molar-refractivity contribution in [2.75, 3.05) is 0 Å². The molecular formula is C5H10N3O4PSn. The standard InChI is InChI=1S/C3H3N3O4P.2CH3.Sn.H/c7-11(8,9)10-3-5-1-4-2-6-3;;;;/h1H,(H2,7,8,9);2*1H3;;. The van der Waals surface area contributed by atoms with Gasteiger partial charge in [-0.3, -0.25) is 0 Å². The molecule has 0 saturated heterocycles. The Morgan fingerprint density at radius 3 is 2.57 bits per heavy atom. The molecule has 0 radical (unpaired) electrons. The summed E-state index contributed by atoms with van der Waals surface area (Å²) in [6.45, 7) is 0. The molecule has 0 atom stereocenters. The molecule has 0 aliphatic heterocycles. The van der Waals surface area contributed by atoms with Gasteiger partial charge >= 0.3 is 87.5 Å². The monoisotopic (exact) mass is 327 g/mol. The molecule has 78 valence electrons. The second-order valence-corrected chi connectivity index (χ2v) is 12.1. The molecule has 0 spiro atoms. The fraction of sp³-hybridized carbons (Fsp3) is 0.400. The van der Waals surface area contributed by atoms with E-state index in [1.165, 1.54) is 6.33 Å². The van der Waals surface area contributed by atoms with Crippen molar-refractivity contribution in [1.29, 1.82) is 0 Å². The van der Waals surface area contributed by atoms with Crippen molar-refractivity contribution in [2.45, 2.75) is 9.88 Å². The van der Waals surface area contributed by atoms with Crippen LogP contribution in [0, 0.1) is 0 Å². The minimum absolute atomic E-state index is 0.311. The zero-order valence-electron chi connectivity index (χ0n) is 7.65. The molecule has 0 unspecified atom stereocenters. The summed E-state index contributed by atoms with van der Waals surface area (Å²) in [6, 6.07) is -0.311. The first-order chi connectivity index (χ1) is 6.38. The maximum atomic E-state index is 10.5. The van der Waals surface area contributed by atoms with Crippen LogP contribution < -0.4 is 8.36 Å². The van der Waals surface area contributed by atoms with E-state index in [2.05, 4.69) is 29.4 Å². The minimum atomic E-state index is -4.57. The van der Waals surface area contributed by atoms with Crippen molar-refractivity contribution in [1.82, 2.24) is 15.0 Å². The van der Waals surface area contributed by atoms with Gasteiger partial charge in [-0.2, -0.15) is 0 Å². The molecule has 0 saturated carbocycles. The van der Waals surface area contributed by atoms with Gasteiger partial charge < -0.3 is 0 Å². The van der Waals surface area contributed by atoms with Crippen LogP contribution in [0.2, 0.25) is 9.88 Å².